The lowest BCUT2D eigenvalue weighted by Crippen LogP contribution is -2.45. The Morgan fingerprint density at radius 3 is 2.47 bits per heavy atom. The molecule has 19 heavy (non-hydrogen) atoms. The maximum absolute atomic E-state index is 12.0. The average molecular weight is 270 g/mol. The molecule has 6 heteroatoms. The summed E-state index contributed by atoms with van der Waals surface area (Å²) in [6, 6.07) is 0.0590. The average Bonchev–Trinajstić information content (AvgIpc) is 2.80. The molecular formula is C13H22N2O4. The summed E-state index contributed by atoms with van der Waals surface area (Å²) in [6.45, 7) is 1.17. The van der Waals surface area contributed by atoms with Crippen molar-refractivity contribution < 1.29 is 19.8 Å². The zero-order valence-electron chi connectivity index (χ0n) is 11.0. The van der Waals surface area contributed by atoms with E-state index >= 15 is 0 Å². The maximum Gasteiger partial charge on any atom is 0.317 e. The molecule has 3 N–H and O–H groups in total. The van der Waals surface area contributed by atoms with Gasteiger partial charge in [-0.25, -0.2) is 4.79 Å². The van der Waals surface area contributed by atoms with E-state index in [9.17, 15) is 14.7 Å². The van der Waals surface area contributed by atoms with Gasteiger partial charge in [-0.1, -0.05) is 0 Å². The number of carbonyl (C=O) groups is 2. The minimum absolute atomic E-state index is 0.0800. The molecule has 2 amide bonds. The Morgan fingerprint density at radius 2 is 1.84 bits per heavy atom. The molecule has 0 bridgehead atoms. The van der Waals surface area contributed by atoms with Crippen LogP contribution < -0.4 is 5.32 Å². The van der Waals surface area contributed by atoms with E-state index in [4.69, 9.17) is 5.11 Å². The van der Waals surface area contributed by atoms with Crippen LogP contribution in [0.5, 0.6) is 0 Å². The van der Waals surface area contributed by atoms with Crippen LogP contribution in [-0.2, 0) is 4.79 Å². The van der Waals surface area contributed by atoms with Gasteiger partial charge in [0, 0.05) is 25.6 Å². The van der Waals surface area contributed by atoms with Gasteiger partial charge in [0.15, 0.2) is 0 Å². The third-order valence-corrected chi connectivity index (χ3v) is 4.06. The van der Waals surface area contributed by atoms with E-state index in [1.807, 2.05) is 0 Å². The summed E-state index contributed by atoms with van der Waals surface area (Å²) in [5.41, 5.74) is 0. The number of aliphatic hydroxyl groups excluding tert-OH is 1. The summed E-state index contributed by atoms with van der Waals surface area (Å²) in [5, 5.41) is 21.1. The number of likely N-dealkylation sites (tertiary alicyclic amines) is 1. The van der Waals surface area contributed by atoms with E-state index in [1.54, 1.807) is 4.90 Å². The Hall–Kier alpha value is -1.30. The van der Waals surface area contributed by atoms with Gasteiger partial charge in [-0.05, 0) is 38.0 Å². The lowest BCUT2D eigenvalue weighted by molar-refractivity contribution is -0.138. The zero-order chi connectivity index (χ0) is 13.8. The smallest absolute Gasteiger partial charge is 0.317 e. The van der Waals surface area contributed by atoms with E-state index in [0.29, 0.717) is 13.1 Å². The number of urea groups is 1. The van der Waals surface area contributed by atoms with Crippen LogP contribution in [0, 0.1) is 5.92 Å². The number of rotatable bonds is 3. The number of carbonyl (C=O) groups excluding carboxylic acids is 1. The number of carboxylic acids is 1. The first-order valence-electron chi connectivity index (χ1n) is 7.00. The van der Waals surface area contributed by atoms with Crippen LogP contribution in [0.4, 0.5) is 4.79 Å². The Labute approximate surface area is 112 Å². The quantitative estimate of drug-likeness (QED) is 0.707. The highest BCUT2D eigenvalue weighted by Crippen LogP contribution is 2.21. The largest absolute Gasteiger partial charge is 0.481 e. The number of nitrogens with zero attached hydrogens (tertiary/aromatic N) is 1. The lowest BCUT2D eigenvalue weighted by Gasteiger charge is -2.28. The van der Waals surface area contributed by atoms with Crippen LogP contribution in [0.15, 0.2) is 0 Å². The van der Waals surface area contributed by atoms with E-state index < -0.39 is 5.97 Å². The Morgan fingerprint density at radius 1 is 1.16 bits per heavy atom. The SMILES string of the molecule is O=C(O)CC1CCN(C(=O)NC2CCC(O)CC2)C1. The summed E-state index contributed by atoms with van der Waals surface area (Å²) >= 11 is 0. The number of nitrogens with one attached hydrogen (secondary N) is 1. The van der Waals surface area contributed by atoms with Gasteiger partial charge in [0.1, 0.15) is 0 Å². The van der Waals surface area contributed by atoms with Crippen LogP contribution in [0.1, 0.15) is 38.5 Å². The molecule has 1 aliphatic carbocycles. The lowest BCUT2D eigenvalue weighted by atomic mass is 9.93. The van der Waals surface area contributed by atoms with Crippen molar-refractivity contribution in [3.05, 3.63) is 0 Å². The standard InChI is InChI=1S/C13H22N2O4/c16-11-3-1-10(2-4-11)14-13(19)15-6-5-9(8-15)7-12(17)18/h9-11,16H,1-8H2,(H,14,19)(H,17,18). The highest BCUT2D eigenvalue weighted by atomic mass is 16.4. The normalized spacial score (nSPS) is 31.2. The minimum atomic E-state index is -0.798. The van der Waals surface area contributed by atoms with Crippen LogP contribution in [0.3, 0.4) is 0 Å². The molecule has 0 aromatic rings. The van der Waals surface area contributed by atoms with Gasteiger partial charge < -0.3 is 20.4 Å². The van der Waals surface area contributed by atoms with Gasteiger partial charge in [-0.2, -0.15) is 0 Å². The minimum Gasteiger partial charge on any atom is -0.481 e. The number of aliphatic carboxylic acids is 1. The Kier molecular flexibility index (Phi) is 4.63. The molecule has 0 spiro atoms. The molecule has 108 valence electrons. The molecule has 1 aliphatic heterocycles. The number of hydrogen-bond acceptors (Lipinski definition) is 3. The molecule has 1 heterocycles. The van der Waals surface area contributed by atoms with E-state index in [2.05, 4.69) is 5.32 Å². The second-order valence-electron chi connectivity index (χ2n) is 5.65. The van der Waals surface area contributed by atoms with E-state index in [-0.39, 0.29) is 30.5 Å². The first-order chi connectivity index (χ1) is 9.04. The van der Waals surface area contributed by atoms with Crippen molar-refractivity contribution in [2.75, 3.05) is 13.1 Å². The van der Waals surface area contributed by atoms with Gasteiger partial charge in [0.25, 0.3) is 0 Å². The van der Waals surface area contributed by atoms with E-state index in [1.165, 1.54) is 0 Å². The third kappa shape index (κ3) is 4.09. The summed E-state index contributed by atoms with van der Waals surface area (Å²) in [4.78, 5) is 24.4. The molecule has 0 aromatic heterocycles. The summed E-state index contributed by atoms with van der Waals surface area (Å²) in [6.07, 6.45) is 3.81. The number of amides is 2. The molecule has 1 saturated carbocycles. The highest BCUT2D eigenvalue weighted by molar-refractivity contribution is 5.75. The van der Waals surface area contributed by atoms with Crippen molar-refractivity contribution in [2.24, 2.45) is 5.92 Å². The summed E-state index contributed by atoms with van der Waals surface area (Å²) < 4.78 is 0. The molecule has 1 atom stereocenters. The topological polar surface area (TPSA) is 89.9 Å². The van der Waals surface area contributed by atoms with Crippen LogP contribution in [-0.4, -0.2) is 52.3 Å². The molecule has 0 radical (unpaired) electrons. The van der Waals surface area contributed by atoms with Gasteiger partial charge >= 0.3 is 12.0 Å². The number of aliphatic hydroxyl groups is 1. The molecule has 2 rings (SSSR count). The summed E-state index contributed by atoms with van der Waals surface area (Å²) in [5.74, 6) is -0.718. The second kappa shape index (κ2) is 6.23. The Balaban J connectivity index is 1.73. The first kappa shape index (κ1) is 14.1. The van der Waals surface area contributed by atoms with E-state index in [0.717, 1.165) is 32.1 Å². The van der Waals surface area contributed by atoms with Gasteiger partial charge in [-0.3, -0.25) is 4.79 Å². The van der Waals surface area contributed by atoms with Crippen molar-refractivity contribution in [1.82, 2.24) is 10.2 Å². The fourth-order valence-corrected chi connectivity index (χ4v) is 2.92. The van der Waals surface area contributed by atoms with Crippen LogP contribution in [0.2, 0.25) is 0 Å². The van der Waals surface area contributed by atoms with Crippen molar-refractivity contribution in [3.63, 3.8) is 0 Å². The molecular weight excluding hydrogens is 248 g/mol. The van der Waals surface area contributed by atoms with Crippen LogP contribution in [0.25, 0.3) is 0 Å². The molecule has 1 saturated heterocycles. The fraction of sp³-hybridized carbons (Fsp3) is 0.846. The third-order valence-electron chi connectivity index (χ3n) is 4.06. The number of hydrogen-bond donors (Lipinski definition) is 3. The molecule has 2 aliphatic rings. The van der Waals surface area contributed by atoms with Gasteiger partial charge in [-0.15, -0.1) is 0 Å². The molecule has 1 unspecified atom stereocenters. The van der Waals surface area contributed by atoms with Crippen molar-refractivity contribution in [2.45, 2.75) is 50.7 Å². The molecule has 0 aromatic carbocycles. The van der Waals surface area contributed by atoms with Crippen molar-refractivity contribution in [1.29, 1.82) is 0 Å². The van der Waals surface area contributed by atoms with Crippen LogP contribution >= 0.6 is 0 Å². The first-order valence-corrected chi connectivity index (χ1v) is 7.00. The van der Waals surface area contributed by atoms with Gasteiger partial charge in [0.2, 0.25) is 0 Å². The van der Waals surface area contributed by atoms with Crippen molar-refractivity contribution in [3.8, 4) is 0 Å². The van der Waals surface area contributed by atoms with Crippen molar-refractivity contribution >= 4 is 12.0 Å². The maximum atomic E-state index is 12.0. The predicted molar refractivity (Wildman–Crippen MR) is 68.7 cm³/mol. The van der Waals surface area contributed by atoms with Gasteiger partial charge in [0.05, 0.1) is 6.10 Å². The molecule has 6 nitrogen and oxygen atoms in total. The zero-order valence-corrected chi connectivity index (χ0v) is 11.0. The predicted octanol–water partition coefficient (Wildman–Crippen LogP) is 0.796. The fourth-order valence-electron chi connectivity index (χ4n) is 2.92. The summed E-state index contributed by atoms with van der Waals surface area (Å²) in [7, 11) is 0. The monoisotopic (exact) mass is 270 g/mol. The highest BCUT2D eigenvalue weighted by Gasteiger charge is 2.29. The second-order valence-corrected chi connectivity index (χ2v) is 5.65. The Bertz CT molecular complexity index is 340. The number of carboxylic acid groups (broad SMARTS) is 1. The molecule has 2 fully saturated rings.